The third kappa shape index (κ3) is 4.44. The lowest BCUT2D eigenvalue weighted by atomic mass is 10.1. The summed E-state index contributed by atoms with van der Waals surface area (Å²) in [5.74, 6) is -0.826. The van der Waals surface area contributed by atoms with Crippen LogP contribution >= 0.6 is 0 Å². The van der Waals surface area contributed by atoms with Crippen molar-refractivity contribution in [3.8, 4) is 5.69 Å². The van der Waals surface area contributed by atoms with E-state index in [1.54, 1.807) is 47.3 Å². The number of rotatable bonds is 6. The molecule has 0 atom stereocenters. The third-order valence-corrected chi connectivity index (χ3v) is 4.15. The summed E-state index contributed by atoms with van der Waals surface area (Å²) < 4.78 is 40.6. The van der Waals surface area contributed by atoms with E-state index in [2.05, 4.69) is 5.43 Å². The van der Waals surface area contributed by atoms with Crippen LogP contribution in [0.4, 0.5) is 30.2 Å². The molecule has 0 bridgehead atoms. The molecule has 0 saturated heterocycles. The molecule has 1 aromatic heterocycles. The van der Waals surface area contributed by atoms with Gasteiger partial charge in [0, 0.05) is 24.5 Å². The number of hydrazine groups is 1. The highest BCUT2D eigenvalue weighted by atomic mass is 19.4. The minimum absolute atomic E-state index is 0.100. The largest absolute Gasteiger partial charge is 0.416 e. The predicted octanol–water partition coefficient (Wildman–Crippen LogP) is 4.07. The summed E-state index contributed by atoms with van der Waals surface area (Å²) in [6.07, 6.45) is -1.73. The minimum Gasteiger partial charge on any atom is -0.323 e. The third-order valence-electron chi connectivity index (χ3n) is 4.15. The molecule has 0 aliphatic heterocycles. The fraction of sp³-hybridized carbons (Fsp3) is 0.0556. The van der Waals surface area contributed by atoms with E-state index in [0.717, 1.165) is 0 Å². The number of hydrogen-bond acceptors (Lipinski definition) is 6. The number of anilines is 1. The van der Waals surface area contributed by atoms with Crippen molar-refractivity contribution in [2.45, 2.75) is 6.18 Å². The molecule has 1 amide bonds. The van der Waals surface area contributed by atoms with Crippen molar-refractivity contribution in [2.75, 3.05) is 5.43 Å². The highest BCUT2D eigenvalue weighted by Gasteiger charge is 2.37. The summed E-state index contributed by atoms with van der Waals surface area (Å²) in [5.41, 5.74) is -0.264. The van der Waals surface area contributed by atoms with Crippen LogP contribution in [0.2, 0.25) is 0 Å². The normalized spacial score (nSPS) is 11.1. The Balaban J connectivity index is 1.98. The van der Waals surface area contributed by atoms with E-state index in [4.69, 9.17) is 0 Å². The Bertz CT molecular complexity index is 1130. The molecule has 160 valence electrons. The first-order valence-electron chi connectivity index (χ1n) is 8.42. The van der Waals surface area contributed by atoms with Crippen LogP contribution in [-0.4, -0.2) is 20.3 Å². The summed E-state index contributed by atoms with van der Waals surface area (Å²) >= 11 is 0. The number of nitro groups is 2. The van der Waals surface area contributed by atoms with Gasteiger partial charge in [-0.15, -0.1) is 0 Å². The van der Waals surface area contributed by atoms with Gasteiger partial charge in [0.2, 0.25) is 5.69 Å². The van der Waals surface area contributed by atoms with Crippen LogP contribution < -0.4 is 10.9 Å². The highest BCUT2D eigenvalue weighted by molar-refractivity contribution is 5.98. The van der Waals surface area contributed by atoms with Crippen molar-refractivity contribution < 1.29 is 27.8 Å². The maximum absolute atomic E-state index is 13.0. The van der Waals surface area contributed by atoms with Gasteiger partial charge in [0.1, 0.15) is 0 Å². The van der Waals surface area contributed by atoms with E-state index in [1.807, 2.05) is 5.43 Å². The Morgan fingerprint density at radius 1 is 0.935 bits per heavy atom. The number of carbonyl (C=O) groups is 1. The fourth-order valence-corrected chi connectivity index (χ4v) is 2.76. The second-order valence-corrected chi connectivity index (χ2v) is 6.09. The molecular formula is C18H12F3N5O5. The van der Waals surface area contributed by atoms with Crippen molar-refractivity contribution in [1.82, 2.24) is 9.99 Å². The van der Waals surface area contributed by atoms with Gasteiger partial charge >= 0.3 is 17.6 Å². The van der Waals surface area contributed by atoms with Crippen LogP contribution in [-0.2, 0) is 6.18 Å². The summed E-state index contributed by atoms with van der Waals surface area (Å²) in [5, 5.41) is 22.5. The van der Waals surface area contributed by atoms with E-state index < -0.39 is 44.6 Å². The van der Waals surface area contributed by atoms with Gasteiger partial charge in [-0.05, 0) is 24.3 Å². The molecule has 0 saturated carbocycles. The van der Waals surface area contributed by atoms with E-state index in [9.17, 15) is 38.2 Å². The molecule has 10 nitrogen and oxygen atoms in total. The molecule has 0 spiro atoms. The van der Waals surface area contributed by atoms with E-state index in [1.165, 1.54) is 6.07 Å². The molecule has 0 radical (unpaired) electrons. The minimum atomic E-state index is -5.05. The monoisotopic (exact) mass is 435 g/mol. The molecule has 3 aromatic rings. The lowest BCUT2D eigenvalue weighted by molar-refractivity contribution is -0.392. The molecule has 2 N–H and O–H groups in total. The van der Waals surface area contributed by atoms with Gasteiger partial charge in [-0.1, -0.05) is 12.1 Å². The Kier molecular flexibility index (Phi) is 5.59. The number of nitro benzene ring substituents is 2. The number of nitrogens with zero attached hydrogens (tertiary/aromatic N) is 3. The van der Waals surface area contributed by atoms with Crippen molar-refractivity contribution >= 4 is 23.0 Å². The van der Waals surface area contributed by atoms with Crippen LogP contribution in [0.25, 0.3) is 5.69 Å². The van der Waals surface area contributed by atoms with Crippen LogP contribution in [0.15, 0.2) is 60.9 Å². The van der Waals surface area contributed by atoms with E-state index in [-0.39, 0.29) is 17.7 Å². The second-order valence-electron chi connectivity index (χ2n) is 6.09. The molecule has 0 fully saturated rings. The van der Waals surface area contributed by atoms with Crippen molar-refractivity contribution in [3.05, 3.63) is 92.3 Å². The lowest BCUT2D eigenvalue weighted by Crippen LogP contribution is -2.31. The number of nitrogens with one attached hydrogen (secondary N) is 2. The van der Waals surface area contributed by atoms with Crippen molar-refractivity contribution in [1.29, 1.82) is 0 Å². The maximum atomic E-state index is 13.0. The highest BCUT2D eigenvalue weighted by Crippen LogP contribution is 2.40. The van der Waals surface area contributed by atoms with Gasteiger partial charge < -0.3 is 4.57 Å². The molecular weight excluding hydrogens is 423 g/mol. The number of aromatic nitrogens is 1. The summed E-state index contributed by atoms with van der Waals surface area (Å²) in [4.78, 5) is 32.7. The molecule has 0 aliphatic rings. The average molecular weight is 435 g/mol. The first kappa shape index (κ1) is 21.3. The number of hydrogen-bond donors (Lipinski definition) is 2. The van der Waals surface area contributed by atoms with Gasteiger partial charge in [0.15, 0.2) is 0 Å². The van der Waals surface area contributed by atoms with Crippen LogP contribution in [0.5, 0.6) is 0 Å². The smallest absolute Gasteiger partial charge is 0.323 e. The first-order chi connectivity index (χ1) is 14.6. The number of benzene rings is 2. The summed E-state index contributed by atoms with van der Waals surface area (Å²) in [6.45, 7) is 0. The molecule has 13 heteroatoms. The zero-order valence-electron chi connectivity index (χ0n) is 15.3. The van der Waals surface area contributed by atoms with Gasteiger partial charge in [0.25, 0.3) is 5.91 Å². The van der Waals surface area contributed by atoms with Gasteiger partial charge in [-0.25, -0.2) is 0 Å². The number of carbonyl (C=O) groups excluding carboxylic acids is 1. The molecule has 3 rings (SSSR count). The number of amides is 1. The Hall–Kier alpha value is -4.42. The Labute approximate surface area is 171 Å². The zero-order valence-corrected chi connectivity index (χ0v) is 15.3. The van der Waals surface area contributed by atoms with Crippen LogP contribution in [0.1, 0.15) is 15.9 Å². The van der Waals surface area contributed by atoms with Gasteiger partial charge in [-0.2, -0.15) is 13.2 Å². The Morgan fingerprint density at radius 2 is 1.48 bits per heavy atom. The van der Waals surface area contributed by atoms with Crippen LogP contribution in [0.3, 0.4) is 0 Å². The summed E-state index contributed by atoms with van der Waals surface area (Å²) in [6, 6.07) is 9.96. The Morgan fingerprint density at radius 3 is 2.00 bits per heavy atom. The molecule has 0 aliphatic carbocycles. The number of alkyl halides is 3. The molecule has 31 heavy (non-hydrogen) atoms. The van der Waals surface area contributed by atoms with Gasteiger partial charge in [0.05, 0.1) is 26.7 Å². The zero-order chi connectivity index (χ0) is 22.8. The maximum Gasteiger partial charge on any atom is 0.416 e. The molecule has 1 heterocycles. The first-order valence-corrected chi connectivity index (χ1v) is 8.42. The standard InChI is InChI=1S/C18H12F3N5O5/c19-18(20,21)11-9-14(25(28)29)16(15(10-11)26(30)31)22-23-17(27)12-5-1-2-6-13(12)24-7-3-4-8-24/h1-10,22H,(H,23,27). The lowest BCUT2D eigenvalue weighted by Gasteiger charge is -2.14. The number of halogens is 3. The van der Waals surface area contributed by atoms with Crippen molar-refractivity contribution in [2.24, 2.45) is 0 Å². The van der Waals surface area contributed by atoms with E-state index >= 15 is 0 Å². The average Bonchev–Trinajstić information content (AvgIpc) is 3.25. The second kappa shape index (κ2) is 8.14. The predicted molar refractivity (Wildman–Crippen MR) is 102 cm³/mol. The topological polar surface area (TPSA) is 132 Å². The SMILES string of the molecule is O=C(NNc1c([N+](=O)[O-])cc(C(F)(F)F)cc1[N+](=O)[O-])c1ccccc1-n1cccc1. The summed E-state index contributed by atoms with van der Waals surface area (Å²) in [7, 11) is 0. The number of para-hydroxylation sites is 1. The quantitative estimate of drug-likeness (QED) is 0.443. The molecule has 2 aromatic carbocycles. The fourth-order valence-electron chi connectivity index (χ4n) is 2.76. The molecule has 0 unspecified atom stereocenters. The van der Waals surface area contributed by atoms with Crippen LogP contribution in [0, 0.1) is 20.2 Å². The van der Waals surface area contributed by atoms with Gasteiger partial charge in [-0.3, -0.25) is 35.9 Å². The van der Waals surface area contributed by atoms with E-state index in [0.29, 0.717) is 5.69 Å². The van der Waals surface area contributed by atoms with Crippen molar-refractivity contribution in [3.63, 3.8) is 0 Å².